The zero-order valence-corrected chi connectivity index (χ0v) is 9.99. The van der Waals surface area contributed by atoms with Crippen molar-refractivity contribution >= 4 is 17.8 Å². The average molecular weight is 236 g/mol. The highest BCUT2D eigenvalue weighted by molar-refractivity contribution is 5.69. The van der Waals surface area contributed by atoms with Gasteiger partial charge in [-0.3, -0.25) is 4.98 Å². The number of azide groups is 1. The molecule has 4 heteroatoms. The third-order valence-electron chi connectivity index (χ3n) is 2.39. The van der Waals surface area contributed by atoms with Gasteiger partial charge in [0.05, 0.1) is 5.69 Å². The topological polar surface area (TPSA) is 61.7 Å². The molecule has 0 spiro atoms. The van der Waals surface area contributed by atoms with E-state index in [1.54, 1.807) is 6.07 Å². The number of pyridine rings is 1. The van der Waals surface area contributed by atoms with Crippen molar-refractivity contribution in [3.8, 4) is 0 Å². The normalized spacial score (nSPS) is 10.3. The SMILES string of the molecule is Cc1cccc(C=Cc2cccc(N=[N+]=[N-])c2)n1. The molecule has 0 radical (unpaired) electrons. The van der Waals surface area contributed by atoms with Gasteiger partial charge in [0.15, 0.2) is 0 Å². The summed E-state index contributed by atoms with van der Waals surface area (Å²) in [6, 6.07) is 13.3. The van der Waals surface area contributed by atoms with Crippen molar-refractivity contribution in [2.75, 3.05) is 0 Å². The van der Waals surface area contributed by atoms with E-state index >= 15 is 0 Å². The van der Waals surface area contributed by atoms with Crippen molar-refractivity contribution in [1.82, 2.24) is 4.98 Å². The van der Waals surface area contributed by atoms with Crippen LogP contribution in [-0.4, -0.2) is 4.98 Å². The van der Waals surface area contributed by atoms with Crippen molar-refractivity contribution in [3.63, 3.8) is 0 Å². The van der Waals surface area contributed by atoms with Gasteiger partial charge >= 0.3 is 0 Å². The lowest BCUT2D eigenvalue weighted by atomic mass is 10.1. The van der Waals surface area contributed by atoms with E-state index in [4.69, 9.17) is 5.53 Å². The fraction of sp³-hybridized carbons (Fsp3) is 0.0714. The van der Waals surface area contributed by atoms with Gasteiger partial charge in [0, 0.05) is 16.3 Å². The van der Waals surface area contributed by atoms with Crippen LogP contribution in [-0.2, 0) is 0 Å². The van der Waals surface area contributed by atoms with Crippen LogP contribution in [0.2, 0.25) is 0 Å². The maximum absolute atomic E-state index is 8.38. The smallest absolute Gasteiger partial charge is 0.0633 e. The monoisotopic (exact) mass is 236 g/mol. The van der Waals surface area contributed by atoms with Gasteiger partial charge in [0.25, 0.3) is 0 Å². The predicted molar refractivity (Wildman–Crippen MR) is 73.2 cm³/mol. The molecular formula is C14H12N4. The maximum Gasteiger partial charge on any atom is 0.0633 e. The Hall–Kier alpha value is -2.58. The molecule has 18 heavy (non-hydrogen) atoms. The molecule has 0 fully saturated rings. The summed E-state index contributed by atoms with van der Waals surface area (Å²) in [5.74, 6) is 0. The molecule has 0 aliphatic rings. The Balaban J connectivity index is 2.23. The Labute approximate surface area is 105 Å². The van der Waals surface area contributed by atoms with Gasteiger partial charge in [0.2, 0.25) is 0 Å². The molecule has 0 unspecified atom stereocenters. The van der Waals surface area contributed by atoms with Crippen LogP contribution in [0.4, 0.5) is 5.69 Å². The minimum Gasteiger partial charge on any atom is -0.254 e. The van der Waals surface area contributed by atoms with Gasteiger partial charge in [0.1, 0.15) is 0 Å². The van der Waals surface area contributed by atoms with Crippen molar-refractivity contribution in [3.05, 3.63) is 69.9 Å². The zero-order chi connectivity index (χ0) is 12.8. The second-order valence-electron chi connectivity index (χ2n) is 3.82. The number of aryl methyl sites for hydroxylation is 1. The van der Waals surface area contributed by atoms with Gasteiger partial charge in [-0.25, -0.2) is 0 Å². The van der Waals surface area contributed by atoms with Gasteiger partial charge in [-0.05, 0) is 42.3 Å². The van der Waals surface area contributed by atoms with E-state index < -0.39 is 0 Å². The molecule has 0 aliphatic heterocycles. The van der Waals surface area contributed by atoms with Crippen molar-refractivity contribution in [1.29, 1.82) is 0 Å². The number of nitrogens with zero attached hydrogens (tertiary/aromatic N) is 4. The molecule has 1 heterocycles. The highest BCUT2D eigenvalue weighted by Crippen LogP contribution is 2.16. The summed E-state index contributed by atoms with van der Waals surface area (Å²) < 4.78 is 0. The number of hydrogen-bond acceptors (Lipinski definition) is 2. The van der Waals surface area contributed by atoms with Crippen LogP contribution >= 0.6 is 0 Å². The second-order valence-corrected chi connectivity index (χ2v) is 3.82. The summed E-state index contributed by atoms with van der Waals surface area (Å²) in [7, 11) is 0. The van der Waals surface area contributed by atoms with Gasteiger partial charge in [-0.1, -0.05) is 35.5 Å². The predicted octanol–water partition coefficient (Wildman–Crippen LogP) is 4.50. The summed E-state index contributed by atoms with van der Waals surface area (Å²) in [5.41, 5.74) is 11.9. The van der Waals surface area contributed by atoms with Gasteiger partial charge < -0.3 is 0 Å². The Kier molecular flexibility index (Phi) is 3.74. The molecule has 2 rings (SSSR count). The molecule has 0 aliphatic carbocycles. The van der Waals surface area contributed by atoms with Crippen LogP contribution in [0.3, 0.4) is 0 Å². The number of aromatic nitrogens is 1. The second kappa shape index (κ2) is 5.66. The Bertz CT molecular complexity index is 625. The van der Waals surface area contributed by atoms with Gasteiger partial charge in [-0.2, -0.15) is 0 Å². The summed E-state index contributed by atoms with van der Waals surface area (Å²) in [5, 5.41) is 3.57. The van der Waals surface area contributed by atoms with Crippen LogP contribution in [0.1, 0.15) is 17.0 Å². The molecule has 0 N–H and O–H groups in total. The van der Waals surface area contributed by atoms with Crippen molar-refractivity contribution < 1.29 is 0 Å². The molecule has 0 saturated carbocycles. The highest BCUT2D eigenvalue weighted by Gasteiger charge is 1.92. The molecule has 0 bridgehead atoms. The minimum absolute atomic E-state index is 0.608. The zero-order valence-electron chi connectivity index (χ0n) is 9.99. The number of benzene rings is 1. The lowest BCUT2D eigenvalue weighted by Crippen LogP contribution is -1.83. The van der Waals surface area contributed by atoms with E-state index in [-0.39, 0.29) is 0 Å². The van der Waals surface area contributed by atoms with Crippen LogP contribution in [0.25, 0.3) is 22.6 Å². The standard InChI is InChI=1S/C14H12N4/c1-11-4-2-6-13(16-11)9-8-12-5-3-7-14(10-12)17-18-15/h2-10H,1H3. The average Bonchev–Trinajstić information content (AvgIpc) is 2.37. The first-order chi connectivity index (χ1) is 8.78. The molecule has 1 aromatic carbocycles. The molecular weight excluding hydrogens is 224 g/mol. The Morgan fingerprint density at radius 2 is 2.00 bits per heavy atom. The van der Waals surface area contributed by atoms with Crippen molar-refractivity contribution in [2.45, 2.75) is 6.92 Å². The van der Waals surface area contributed by atoms with E-state index in [0.717, 1.165) is 17.0 Å². The van der Waals surface area contributed by atoms with Gasteiger partial charge in [-0.15, -0.1) is 0 Å². The van der Waals surface area contributed by atoms with Crippen molar-refractivity contribution in [2.24, 2.45) is 5.11 Å². The molecule has 0 saturated heterocycles. The summed E-state index contributed by atoms with van der Waals surface area (Å²) in [6.07, 6.45) is 3.88. The number of rotatable bonds is 3. The minimum atomic E-state index is 0.608. The summed E-state index contributed by atoms with van der Waals surface area (Å²) in [4.78, 5) is 7.14. The third kappa shape index (κ3) is 3.20. The molecule has 0 amide bonds. The largest absolute Gasteiger partial charge is 0.254 e. The third-order valence-corrected chi connectivity index (χ3v) is 2.39. The van der Waals surface area contributed by atoms with E-state index in [0.29, 0.717) is 5.69 Å². The first kappa shape index (κ1) is 11.9. The Morgan fingerprint density at radius 1 is 1.17 bits per heavy atom. The molecule has 4 nitrogen and oxygen atoms in total. The van der Waals surface area contributed by atoms with E-state index in [2.05, 4.69) is 15.0 Å². The fourth-order valence-corrected chi connectivity index (χ4v) is 1.58. The van der Waals surface area contributed by atoms with E-state index in [1.807, 2.05) is 55.5 Å². The fourth-order valence-electron chi connectivity index (χ4n) is 1.58. The van der Waals surface area contributed by atoms with Crippen LogP contribution in [0, 0.1) is 6.92 Å². The quantitative estimate of drug-likeness (QED) is 0.439. The molecule has 0 atom stereocenters. The number of hydrogen-bond donors (Lipinski definition) is 0. The summed E-state index contributed by atoms with van der Waals surface area (Å²) >= 11 is 0. The molecule has 2 aromatic rings. The van der Waals surface area contributed by atoms with Crippen LogP contribution in [0.5, 0.6) is 0 Å². The first-order valence-corrected chi connectivity index (χ1v) is 5.55. The van der Waals surface area contributed by atoms with Crippen LogP contribution < -0.4 is 0 Å². The molecule has 88 valence electrons. The maximum atomic E-state index is 8.38. The first-order valence-electron chi connectivity index (χ1n) is 5.55. The Morgan fingerprint density at radius 3 is 2.78 bits per heavy atom. The van der Waals surface area contributed by atoms with Crippen LogP contribution in [0.15, 0.2) is 47.6 Å². The lowest BCUT2D eigenvalue weighted by molar-refractivity contribution is 1.18. The molecule has 1 aromatic heterocycles. The highest BCUT2D eigenvalue weighted by atomic mass is 15.1. The lowest BCUT2D eigenvalue weighted by Gasteiger charge is -1.97. The summed E-state index contributed by atoms with van der Waals surface area (Å²) in [6.45, 7) is 1.96. The van der Waals surface area contributed by atoms with E-state index in [9.17, 15) is 0 Å². The van der Waals surface area contributed by atoms with E-state index in [1.165, 1.54) is 0 Å².